The van der Waals surface area contributed by atoms with Gasteiger partial charge in [-0.25, -0.2) is 0 Å². The zero-order chi connectivity index (χ0) is 27.1. The van der Waals surface area contributed by atoms with Crippen LogP contribution in [0.1, 0.15) is 21.7 Å². The summed E-state index contributed by atoms with van der Waals surface area (Å²) in [7, 11) is 1.52. The van der Waals surface area contributed by atoms with Gasteiger partial charge in [-0.3, -0.25) is 14.2 Å². The molecule has 0 fully saturated rings. The van der Waals surface area contributed by atoms with Crippen molar-refractivity contribution in [2.75, 3.05) is 18.2 Å². The number of anilines is 1. The maximum Gasteiger partial charge on any atom is 0.416 e. The number of hydrogen-bond donors (Lipinski definition) is 2. The smallest absolute Gasteiger partial charge is 0.416 e. The molecule has 0 radical (unpaired) electrons. The molecule has 1 aromatic heterocycles. The van der Waals surface area contributed by atoms with Gasteiger partial charge >= 0.3 is 6.18 Å². The number of carbonyl (C=O) groups is 2. The van der Waals surface area contributed by atoms with Crippen molar-refractivity contribution in [2.45, 2.75) is 17.9 Å². The molecule has 12 heteroatoms. The number of benzene rings is 3. The van der Waals surface area contributed by atoms with Crippen molar-refractivity contribution in [3.8, 4) is 11.4 Å². The summed E-state index contributed by atoms with van der Waals surface area (Å²) in [5, 5.41) is 14.0. The van der Waals surface area contributed by atoms with Crippen molar-refractivity contribution in [1.82, 2.24) is 20.1 Å². The molecule has 38 heavy (non-hydrogen) atoms. The average Bonchev–Trinajstić information content (AvgIpc) is 3.33. The third-order valence-electron chi connectivity index (χ3n) is 5.30. The molecule has 8 nitrogen and oxygen atoms in total. The monoisotopic (exact) mass is 541 g/mol. The predicted octanol–water partition coefficient (Wildman–Crippen LogP) is 4.96. The number of nitrogens with zero attached hydrogens (tertiary/aromatic N) is 3. The van der Waals surface area contributed by atoms with Crippen LogP contribution in [0.15, 0.2) is 84.0 Å². The van der Waals surface area contributed by atoms with Crippen LogP contribution in [0.2, 0.25) is 0 Å². The zero-order valence-electron chi connectivity index (χ0n) is 20.0. The highest BCUT2D eigenvalue weighted by Gasteiger charge is 2.30. The van der Waals surface area contributed by atoms with E-state index in [9.17, 15) is 22.8 Å². The van der Waals surface area contributed by atoms with Crippen LogP contribution >= 0.6 is 11.8 Å². The lowest BCUT2D eigenvalue weighted by molar-refractivity contribution is -0.137. The molecule has 0 bridgehead atoms. The first-order valence-corrected chi connectivity index (χ1v) is 12.2. The Labute approximate surface area is 220 Å². The first-order chi connectivity index (χ1) is 18.2. The molecule has 0 saturated heterocycles. The SMILES string of the molecule is COc1ccc(C(=O)NCc2nnc(SCC(=O)Nc3ccccc3)n2-c2ccc(C(F)(F)F)cc2)cc1. The number of carbonyl (C=O) groups excluding carboxylic acids is 2. The molecule has 0 unspecified atom stereocenters. The van der Waals surface area contributed by atoms with Gasteiger partial charge in [-0.05, 0) is 60.7 Å². The van der Waals surface area contributed by atoms with Crippen molar-refractivity contribution in [2.24, 2.45) is 0 Å². The standard InChI is InChI=1S/C26H22F3N5O3S/c1-37-21-13-7-17(8-14-21)24(36)30-15-22-32-33-25(38-16-23(35)31-19-5-3-2-4-6-19)34(22)20-11-9-18(10-12-20)26(27,28)29/h2-14H,15-16H2,1H3,(H,30,36)(H,31,35). The minimum absolute atomic E-state index is 0.0220. The molecular weight excluding hydrogens is 519 g/mol. The van der Waals surface area contributed by atoms with Crippen LogP contribution in [0.25, 0.3) is 5.69 Å². The van der Waals surface area contributed by atoms with E-state index in [1.54, 1.807) is 48.5 Å². The van der Waals surface area contributed by atoms with Crippen LogP contribution in [0.4, 0.5) is 18.9 Å². The fourth-order valence-electron chi connectivity index (χ4n) is 3.42. The Morgan fingerprint density at radius 2 is 1.63 bits per heavy atom. The molecule has 196 valence electrons. The largest absolute Gasteiger partial charge is 0.497 e. The molecule has 3 aromatic carbocycles. The highest BCUT2D eigenvalue weighted by molar-refractivity contribution is 7.99. The fraction of sp³-hybridized carbons (Fsp3) is 0.154. The van der Waals surface area contributed by atoms with Gasteiger partial charge in [0.1, 0.15) is 5.75 Å². The summed E-state index contributed by atoms with van der Waals surface area (Å²) in [5.41, 5.74) is 0.561. The summed E-state index contributed by atoms with van der Waals surface area (Å²) in [5.74, 6) is 0.175. The number of thioether (sulfide) groups is 1. The minimum Gasteiger partial charge on any atom is -0.497 e. The molecule has 4 rings (SSSR count). The molecule has 0 aliphatic heterocycles. The molecule has 0 atom stereocenters. The zero-order valence-corrected chi connectivity index (χ0v) is 20.8. The van der Waals surface area contributed by atoms with E-state index in [4.69, 9.17) is 4.74 Å². The first kappa shape index (κ1) is 26.7. The molecule has 0 saturated carbocycles. The summed E-state index contributed by atoms with van der Waals surface area (Å²) < 4.78 is 45.9. The number of rotatable bonds is 9. The number of hydrogen-bond acceptors (Lipinski definition) is 6. The minimum atomic E-state index is -4.49. The lowest BCUT2D eigenvalue weighted by atomic mass is 10.2. The fourth-order valence-corrected chi connectivity index (χ4v) is 4.19. The van der Waals surface area contributed by atoms with Crippen LogP contribution in [-0.2, 0) is 17.5 Å². The van der Waals surface area contributed by atoms with Crippen molar-refractivity contribution >= 4 is 29.3 Å². The number of nitrogens with one attached hydrogen (secondary N) is 2. The molecular formula is C26H22F3N5O3S. The topological polar surface area (TPSA) is 98.1 Å². The number of halogens is 3. The second kappa shape index (κ2) is 11.8. The van der Waals surface area contributed by atoms with Crippen LogP contribution < -0.4 is 15.4 Å². The van der Waals surface area contributed by atoms with E-state index >= 15 is 0 Å². The lowest BCUT2D eigenvalue weighted by Crippen LogP contribution is -2.24. The summed E-state index contributed by atoms with van der Waals surface area (Å²) in [6.07, 6.45) is -4.49. The van der Waals surface area contributed by atoms with E-state index in [2.05, 4.69) is 20.8 Å². The summed E-state index contributed by atoms with van der Waals surface area (Å²) in [4.78, 5) is 25.1. The Hall–Kier alpha value is -4.32. The van der Waals surface area contributed by atoms with E-state index in [1.165, 1.54) is 23.8 Å². The highest BCUT2D eigenvalue weighted by atomic mass is 32.2. The van der Waals surface area contributed by atoms with Crippen molar-refractivity contribution in [3.05, 3.63) is 95.8 Å². The van der Waals surface area contributed by atoms with E-state index in [0.717, 1.165) is 23.9 Å². The number of para-hydroxylation sites is 1. The lowest BCUT2D eigenvalue weighted by Gasteiger charge is -2.13. The van der Waals surface area contributed by atoms with Gasteiger partial charge < -0.3 is 15.4 Å². The van der Waals surface area contributed by atoms with Gasteiger partial charge in [0, 0.05) is 16.9 Å². The molecule has 0 aliphatic carbocycles. The maximum atomic E-state index is 13.1. The Morgan fingerprint density at radius 3 is 2.26 bits per heavy atom. The van der Waals surface area contributed by atoms with Crippen LogP contribution in [-0.4, -0.2) is 39.4 Å². The molecule has 4 aromatic rings. The van der Waals surface area contributed by atoms with Crippen LogP contribution in [0.3, 0.4) is 0 Å². The molecule has 0 spiro atoms. The van der Waals surface area contributed by atoms with Gasteiger partial charge in [0.2, 0.25) is 5.91 Å². The van der Waals surface area contributed by atoms with E-state index in [1.807, 2.05) is 6.07 Å². The highest BCUT2D eigenvalue weighted by Crippen LogP contribution is 2.30. The van der Waals surface area contributed by atoms with Gasteiger partial charge in [-0.15, -0.1) is 10.2 Å². The van der Waals surface area contributed by atoms with Crippen LogP contribution in [0, 0.1) is 0 Å². The number of ether oxygens (including phenoxy) is 1. The molecule has 2 N–H and O–H groups in total. The Morgan fingerprint density at radius 1 is 0.947 bits per heavy atom. The number of amides is 2. The molecule has 2 amide bonds. The van der Waals surface area contributed by atoms with Crippen molar-refractivity contribution in [1.29, 1.82) is 0 Å². The number of aromatic nitrogens is 3. The average molecular weight is 542 g/mol. The second-order valence-corrected chi connectivity index (χ2v) is 8.84. The van der Waals surface area contributed by atoms with Gasteiger partial charge in [0.25, 0.3) is 5.91 Å². The normalized spacial score (nSPS) is 11.2. The predicted molar refractivity (Wildman–Crippen MR) is 136 cm³/mol. The third kappa shape index (κ3) is 6.71. The third-order valence-corrected chi connectivity index (χ3v) is 6.23. The Kier molecular flexibility index (Phi) is 8.31. The van der Waals surface area contributed by atoms with Crippen LogP contribution in [0.5, 0.6) is 5.75 Å². The number of methoxy groups -OCH3 is 1. The Balaban J connectivity index is 1.53. The van der Waals surface area contributed by atoms with E-state index in [-0.39, 0.29) is 35.1 Å². The van der Waals surface area contributed by atoms with E-state index < -0.39 is 11.7 Å². The number of alkyl halides is 3. The maximum absolute atomic E-state index is 13.1. The summed E-state index contributed by atoms with van der Waals surface area (Å²) >= 11 is 1.06. The molecule has 0 aliphatic rings. The second-order valence-electron chi connectivity index (χ2n) is 7.89. The van der Waals surface area contributed by atoms with Crippen molar-refractivity contribution < 1.29 is 27.5 Å². The first-order valence-electron chi connectivity index (χ1n) is 11.3. The molecule has 1 heterocycles. The summed E-state index contributed by atoms with van der Waals surface area (Å²) in [6, 6.07) is 19.9. The van der Waals surface area contributed by atoms with Crippen molar-refractivity contribution in [3.63, 3.8) is 0 Å². The van der Waals surface area contributed by atoms with E-state index in [0.29, 0.717) is 22.7 Å². The quantitative estimate of drug-likeness (QED) is 0.291. The van der Waals surface area contributed by atoms with Gasteiger partial charge in [0.05, 0.1) is 25.0 Å². The van der Waals surface area contributed by atoms with Gasteiger partial charge in [0.15, 0.2) is 11.0 Å². The van der Waals surface area contributed by atoms with Gasteiger partial charge in [-0.2, -0.15) is 13.2 Å². The summed E-state index contributed by atoms with van der Waals surface area (Å²) in [6.45, 7) is -0.0599. The Bertz CT molecular complexity index is 1390. The van der Waals surface area contributed by atoms with Gasteiger partial charge in [-0.1, -0.05) is 30.0 Å².